The standard InChI is InChI=1S/C28H34F4O3/c1-2-34-24-14-13-23(27(31)28(24)32)19-7-10-21(11-8-19)35-16-20-9-12-22(26(30)25(20)29)18-5-3-17(15-33)4-6-18/h9,12-14,17-19,21,33H,2-8,10-11,15-16H2,1H3. The number of rotatable bonds is 8. The average molecular weight is 495 g/mol. The molecule has 2 aromatic carbocycles. The highest BCUT2D eigenvalue weighted by molar-refractivity contribution is 5.33. The molecule has 192 valence electrons. The molecular weight excluding hydrogens is 460 g/mol. The van der Waals surface area contributed by atoms with Crippen molar-refractivity contribution in [3.63, 3.8) is 0 Å². The van der Waals surface area contributed by atoms with Gasteiger partial charge >= 0.3 is 0 Å². The number of aliphatic hydroxyl groups is 1. The van der Waals surface area contributed by atoms with Crippen LogP contribution in [-0.2, 0) is 11.3 Å². The van der Waals surface area contributed by atoms with Crippen LogP contribution in [0.1, 0.15) is 86.8 Å². The fourth-order valence-electron chi connectivity index (χ4n) is 5.56. The Balaban J connectivity index is 1.31. The lowest BCUT2D eigenvalue weighted by molar-refractivity contribution is 0.0116. The van der Waals surface area contributed by atoms with Crippen LogP contribution in [0, 0.1) is 29.2 Å². The monoisotopic (exact) mass is 494 g/mol. The number of hydrogen-bond donors (Lipinski definition) is 1. The van der Waals surface area contributed by atoms with Gasteiger partial charge in [0, 0.05) is 12.2 Å². The van der Waals surface area contributed by atoms with Crippen LogP contribution in [0.2, 0.25) is 0 Å². The van der Waals surface area contributed by atoms with Crippen molar-refractivity contribution in [2.75, 3.05) is 13.2 Å². The minimum atomic E-state index is -0.954. The lowest BCUT2D eigenvalue weighted by Gasteiger charge is -2.29. The zero-order valence-electron chi connectivity index (χ0n) is 20.2. The smallest absolute Gasteiger partial charge is 0.200 e. The SMILES string of the molecule is CCOc1ccc(C2CCC(OCc3ccc(C4CCC(CO)CC4)c(F)c3F)CC2)c(F)c1F. The van der Waals surface area contributed by atoms with E-state index in [9.17, 15) is 22.7 Å². The fourth-order valence-corrected chi connectivity index (χ4v) is 5.56. The highest BCUT2D eigenvalue weighted by atomic mass is 19.2. The van der Waals surface area contributed by atoms with Gasteiger partial charge in [0.05, 0.1) is 19.3 Å². The molecule has 35 heavy (non-hydrogen) atoms. The van der Waals surface area contributed by atoms with Gasteiger partial charge in [-0.1, -0.05) is 18.2 Å². The highest BCUT2D eigenvalue weighted by Gasteiger charge is 2.29. The maximum atomic E-state index is 14.8. The van der Waals surface area contributed by atoms with E-state index in [2.05, 4.69) is 0 Å². The largest absolute Gasteiger partial charge is 0.491 e. The second-order valence-electron chi connectivity index (χ2n) is 9.84. The normalized spacial score (nSPS) is 25.0. The first-order valence-corrected chi connectivity index (χ1v) is 12.7. The third kappa shape index (κ3) is 5.83. The Labute approximate surface area is 204 Å². The van der Waals surface area contributed by atoms with E-state index in [1.54, 1.807) is 25.1 Å². The van der Waals surface area contributed by atoms with Crippen LogP contribution in [-0.4, -0.2) is 24.4 Å². The van der Waals surface area contributed by atoms with Crippen molar-refractivity contribution in [2.45, 2.75) is 82.8 Å². The summed E-state index contributed by atoms with van der Waals surface area (Å²) in [5.74, 6) is -3.42. The second-order valence-corrected chi connectivity index (χ2v) is 9.84. The Hall–Kier alpha value is -2.12. The van der Waals surface area contributed by atoms with E-state index in [0.717, 1.165) is 25.7 Å². The number of halogens is 4. The molecule has 0 radical (unpaired) electrons. The summed E-state index contributed by atoms with van der Waals surface area (Å²) >= 11 is 0. The number of benzene rings is 2. The van der Waals surface area contributed by atoms with Gasteiger partial charge in [0.25, 0.3) is 0 Å². The molecule has 1 N–H and O–H groups in total. The predicted octanol–water partition coefficient (Wildman–Crippen LogP) is 7.15. The third-order valence-corrected chi connectivity index (χ3v) is 7.70. The van der Waals surface area contributed by atoms with Gasteiger partial charge in [-0.15, -0.1) is 0 Å². The van der Waals surface area contributed by atoms with Crippen molar-refractivity contribution >= 4 is 0 Å². The Morgan fingerprint density at radius 3 is 1.91 bits per heavy atom. The first-order chi connectivity index (χ1) is 16.9. The van der Waals surface area contributed by atoms with Gasteiger partial charge in [0.2, 0.25) is 5.82 Å². The predicted molar refractivity (Wildman–Crippen MR) is 125 cm³/mol. The summed E-state index contributed by atoms with van der Waals surface area (Å²) in [6.07, 6.45) is 5.52. The fraction of sp³-hybridized carbons (Fsp3) is 0.571. The summed E-state index contributed by atoms with van der Waals surface area (Å²) in [6, 6.07) is 6.33. The summed E-state index contributed by atoms with van der Waals surface area (Å²) in [5, 5.41) is 9.29. The van der Waals surface area contributed by atoms with Gasteiger partial charge in [-0.25, -0.2) is 13.2 Å². The quantitative estimate of drug-likeness (QED) is 0.396. The molecule has 0 atom stereocenters. The molecule has 2 fully saturated rings. The molecular formula is C28H34F4O3. The topological polar surface area (TPSA) is 38.7 Å². The summed E-state index contributed by atoms with van der Waals surface area (Å²) < 4.78 is 69.4. The van der Waals surface area contributed by atoms with E-state index in [-0.39, 0.29) is 55.0 Å². The Morgan fingerprint density at radius 2 is 1.31 bits per heavy atom. The molecule has 0 bridgehead atoms. The lowest BCUT2D eigenvalue weighted by atomic mass is 9.78. The van der Waals surface area contributed by atoms with Crippen molar-refractivity contribution in [2.24, 2.45) is 5.92 Å². The molecule has 0 aromatic heterocycles. The second kappa shape index (κ2) is 11.7. The summed E-state index contributed by atoms with van der Waals surface area (Å²) in [6.45, 7) is 2.10. The molecule has 2 aliphatic carbocycles. The van der Waals surface area contributed by atoms with Crippen molar-refractivity contribution in [3.8, 4) is 5.75 Å². The van der Waals surface area contributed by atoms with Gasteiger partial charge in [-0.2, -0.15) is 4.39 Å². The van der Waals surface area contributed by atoms with E-state index in [1.165, 1.54) is 6.07 Å². The van der Waals surface area contributed by atoms with Gasteiger partial charge in [-0.05, 0) is 93.2 Å². The van der Waals surface area contributed by atoms with Crippen molar-refractivity contribution in [3.05, 3.63) is 64.2 Å². The minimum Gasteiger partial charge on any atom is -0.491 e. The molecule has 2 aromatic rings. The summed E-state index contributed by atoms with van der Waals surface area (Å²) in [4.78, 5) is 0. The maximum Gasteiger partial charge on any atom is 0.200 e. The van der Waals surface area contributed by atoms with Gasteiger partial charge < -0.3 is 14.6 Å². The van der Waals surface area contributed by atoms with Gasteiger partial charge in [-0.3, -0.25) is 0 Å². The van der Waals surface area contributed by atoms with Gasteiger partial charge in [0.15, 0.2) is 23.2 Å². The van der Waals surface area contributed by atoms with Crippen LogP contribution < -0.4 is 4.74 Å². The number of hydrogen-bond acceptors (Lipinski definition) is 3. The van der Waals surface area contributed by atoms with E-state index in [4.69, 9.17) is 9.47 Å². The molecule has 0 unspecified atom stereocenters. The van der Waals surface area contributed by atoms with Crippen LogP contribution in [0.15, 0.2) is 24.3 Å². The van der Waals surface area contributed by atoms with Crippen LogP contribution in [0.4, 0.5) is 17.6 Å². The van der Waals surface area contributed by atoms with Crippen LogP contribution in [0.3, 0.4) is 0 Å². The molecule has 2 saturated carbocycles. The molecule has 7 heteroatoms. The average Bonchev–Trinajstić information content (AvgIpc) is 2.88. The van der Waals surface area contributed by atoms with Crippen LogP contribution >= 0.6 is 0 Å². The Kier molecular flexibility index (Phi) is 8.71. The first kappa shape index (κ1) is 26.0. The van der Waals surface area contributed by atoms with Crippen LogP contribution in [0.5, 0.6) is 5.75 Å². The van der Waals surface area contributed by atoms with E-state index in [0.29, 0.717) is 36.8 Å². The Bertz CT molecular complexity index is 996. The summed E-state index contributed by atoms with van der Waals surface area (Å²) in [5.41, 5.74) is 0.950. The van der Waals surface area contributed by atoms with E-state index >= 15 is 0 Å². The molecule has 0 spiro atoms. The van der Waals surface area contributed by atoms with E-state index < -0.39 is 23.3 Å². The first-order valence-electron chi connectivity index (χ1n) is 12.7. The molecule has 0 saturated heterocycles. The lowest BCUT2D eigenvalue weighted by Crippen LogP contribution is -2.22. The van der Waals surface area contributed by atoms with Crippen LogP contribution in [0.25, 0.3) is 0 Å². The Morgan fingerprint density at radius 1 is 0.743 bits per heavy atom. The maximum absolute atomic E-state index is 14.8. The zero-order chi connectivity index (χ0) is 24.9. The minimum absolute atomic E-state index is 0.0228. The highest BCUT2D eigenvalue weighted by Crippen LogP contribution is 2.39. The van der Waals surface area contributed by atoms with Crippen molar-refractivity contribution < 1.29 is 32.1 Å². The molecule has 0 heterocycles. The number of ether oxygens (including phenoxy) is 2. The third-order valence-electron chi connectivity index (χ3n) is 7.70. The molecule has 0 aliphatic heterocycles. The number of aliphatic hydroxyl groups excluding tert-OH is 1. The molecule has 2 aliphatic rings. The van der Waals surface area contributed by atoms with Crippen molar-refractivity contribution in [1.29, 1.82) is 0 Å². The van der Waals surface area contributed by atoms with Crippen molar-refractivity contribution in [1.82, 2.24) is 0 Å². The van der Waals surface area contributed by atoms with E-state index in [1.807, 2.05) is 0 Å². The zero-order valence-corrected chi connectivity index (χ0v) is 20.2. The molecule has 0 amide bonds. The van der Waals surface area contributed by atoms with Gasteiger partial charge in [0.1, 0.15) is 0 Å². The molecule has 3 nitrogen and oxygen atoms in total. The molecule has 4 rings (SSSR count). The summed E-state index contributed by atoms with van der Waals surface area (Å²) in [7, 11) is 0.